The van der Waals surface area contributed by atoms with Crippen molar-refractivity contribution in [1.29, 1.82) is 0 Å². The van der Waals surface area contributed by atoms with Crippen molar-refractivity contribution in [3.8, 4) is 11.3 Å². The highest BCUT2D eigenvalue weighted by Crippen LogP contribution is 2.25. The zero-order chi connectivity index (χ0) is 17.8. The van der Waals surface area contributed by atoms with Crippen LogP contribution in [-0.2, 0) is 0 Å². The van der Waals surface area contributed by atoms with Gasteiger partial charge in [0, 0.05) is 19.5 Å². The largest absolute Gasteiger partial charge is 0.308 e. The molecule has 0 fully saturated rings. The highest BCUT2D eigenvalue weighted by molar-refractivity contribution is 14.1. The number of rotatable bonds is 3. The Bertz CT molecular complexity index is 928. The number of halogens is 2. The molecular formula is C17H11ClIN3OS2. The van der Waals surface area contributed by atoms with Gasteiger partial charge in [0.1, 0.15) is 0 Å². The first-order valence-corrected chi connectivity index (χ1v) is 9.86. The zero-order valence-corrected chi connectivity index (χ0v) is 17.2. The molecule has 1 heterocycles. The van der Waals surface area contributed by atoms with Crippen LogP contribution >= 0.6 is 57.7 Å². The first-order chi connectivity index (χ1) is 12.0. The number of aromatic nitrogens is 1. The third-order valence-electron chi connectivity index (χ3n) is 3.21. The van der Waals surface area contributed by atoms with E-state index >= 15 is 0 Å². The van der Waals surface area contributed by atoms with Gasteiger partial charge in [0.2, 0.25) is 0 Å². The van der Waals surface area contributed by atoms with Gasteiger partial charge in [-0.3, -0.25) is 10.1 Å². The Morgan fingerprint density at radius 3 is 2.60 bits per heavy atom. The summed E-state index contributed by atoms with van der Waals surface area (Å²) in [7, 11) is 0. The molecule has 0 aliphatic heterocycles. The fourth-order valence-corrected chi connectivity index (χ4v) is 3.76. The molecule has 25 heavy (non-hydrogen) atoms. The van der Waals surface area contributed by atoms with E-state index in [2.05, 4.69) is 38.2 Å². The van der Waals surface area contributed by atoms with E-state index in [-0.39, 0.29) is 11.0 Å². The molecule has 126 valence electrons. The molecule has 0 spiro atoms. The van der Waals surface area contributed by atoms with Crippen LogP contribution in [0.15, 0.2) is 53.9 Å². The van der Waals surface area contributed by atoms with Crippen molar-refractivity contribution < 1.29 is 4.79 Å². The van der Waals surface area contributed by atoms with Crippen LogP contribution in [0.3, 0.4) is 0 Å². The Hall–Kier alpha value is -1.55. The van der Waals surface area contributed by atoms with Crippen molar-refractivity contribution >= 4 is 73.9 Å². The second-order valence-electron chi connectivity index (χ2n) is 4.93. The molecule has 4 nitrogen and oxygen atoms in total. The van der Waals surface area contributed by atoms with Gasteiger partial charge in [0.15, 0.2) is 10.2 Å². The lowest BCUT2D eigenvalue weighted by atomic mass is 10.2. The van der Waals surface area contributed by atoms with Gasteiger partial charge in [0.25, 0.3) is 5.91 Å². The van der Waals surface area contributed by atoms with Crippen LogP contribution in [0.1, 0.15) is 10.4 Å². The summed E-state index contributed by atoms with van der Waals surface area (Å²) in [4.78, 5) is 16.7. The van der Waals surface area contributed by atoms with Gasteiger partial charge in [-0.15, -0.1) is 11.3 Å². The van der Waals surface area contributed by atoms with Crippen LogP contribution in [0.4, 0.5) is 5.13 Å². The summed E-state index contributed by atoms with van der Waals surface area (Å²) in [6.45, 7) is 0. The summed E-state index contributed by atoms with van der Waals surface area (Å²) in [6.07, 6.45) is 0. The lowest BCUT2D eigenvalue weighted by molar-refractivity contribution is 0.0977. The predicted octanol–water partition coefficient (Wildman–Crippen LogP) is 5.19. The molecule has 0 bridgehead atoms. The van der Waals surface area contributed by atoms with E-state index < -0.39 is 0 Å². The lowest BCUT2D eigenvalue weighted by Gasteiger charge is -2.08. The molecule has 0 saturated carbocycles. The Labute approximate surface area is 172 Å². The fourth-order valence-electron chi connectivity index (χ4n) is 2.03. The monoisotopic (exact) mass is 499 g/mol. The topological polar surface area (TPSA) is 54.0 Å². The van der Waals surface area contributed by atoms with Crippen molar-refractivity contribution in [2.75, 3.05) is 5.32 Å². The predicted molar refractivity (Wildman–Crippen MR) is 115 cm³/mol. The zero-order valence-electron chi connectivity index (χ0n) is 12.6. The third kappa shape index (κ3) is 4.75. The molecule has 3 aromatic rings. The average molecular weight is 500 g/mol. The van der Waals surface area contributed by atoms with Crippen LogP contribution < -0.4 is 10.6 Å². The van der Waals surface area contributed by atoms with Crippen LogP contribution in [0, 0.1) is 3.57 Å². The van der Waals surface area contributed by atoms with Crippen LogP contribution in [0.2, 0.25) is 5.02 Å². The summed E-state index contributed by atoms with van der Waals surface area (Å²) < 4.78 is 0.861. The fraction of sp³-hybridized carbons (Fsp3) is 0. The lowest BCUT2D eigenvalue weighted by Crippen LogP contribution is -2.34. The maximum absolute atomic E-state index is 12.3. The molecule has 0 aliphatic carbocycles. The minimum atomic E-state index is -0.253. The van der Waals surface area contributed by atoms with Crippen molar-refractivity contribution in [1.82, 2.24) is 10.3 Å². The molecule has 0 aliphatic rings. The molecule has 1 aromatic heterocycles. The van der Waals surface area contributed by atoms with Crippen molar-refractivity contribution in [2.45, 2.75) is 0 Å². The van der Waals surface area contributed by atoms with Gasteiger partial charge in [-0.1, -0.05) is 35.9 Å². The number of nitrogens with one attached hydrogen (secondary N) is 2. The first kappa shape index (κ1) is 18.2. The third-order valence-corrected chi connectivity index (χ3v) is 5.36. The van der Waals surface area contributed by atoms with Gasteiger partial charge in [-0.2, -0.15) is 0 Å². The van der Waals surface area contributed by atoms with Gasteiger partial charge in [-0.05, 0) is 59.1 Å². The maximum atomic E-state index is 12.3. The first-order valence-electron chi connectivity index (χ1n) is 7.11. The number of thiocarbonyl (C=S) groups is 1. The highest BCUT2D eigenvalue weighted by atomic mass is 127. The van der Waals surface area contributed by atoms with Gasteiger partial charge in [0.05, 0.1) is 11.3 Å². The van der Waals surface area contributed by atoms with Gasteiger partial charge in [-0.25, -0.2) is 4.98 Å². The molecule has 0 saturated heterocycles. The molecule has 0 atom stereocenters. The summed E-state index contributed by atoms with van der Waals surface area (Å²) in [5, 5.41) is 9.02. The normalized spacial score (nSPS) is 10.3. The van der Waals surface area contributed by atoms with E-state index in [9.17, 15) is 4.79 Å². The van der Waals surface area contributed by atoms with E-state index in [1.54, 1.807) is 6.07 Å². The number of hydrogen-bond acceptors (Lipinski definition) is 4. The number of hydrogen-bond donors (Lipinski definition) is 2. The van der Waals surface area contributed by atoms with Crippen molar-refractivity contribution in [3.63, 3.8) is 0 Å². The van der Waals surface area contributed by atoms with Gasteiger partial charge < -0.3 is 5.32 Å². The van der Waals surface area contributed by atoms with E-state index in [1.165, 1.54) is 11.3 Å². The molecule has 2 aromatic carbocycles. The van der Waals surface area contributed by atoms with Gasteiger partial charge >= 0.3 is 0 Å². The summed E-state index contributed by atoms with van der Waals surface area (Å²) in [6, 6.07) is 14.7. The minimum absolute atomic E-state index is 0.210. The number of amides is 1. The maximum Gasteiger partial charge on any atom is 0.258 e. The second-order valence-corrected chi connectivity index (χ2v) is 7.80. The summed E-state index contributed by atoms with van der Waals surface area (Å²) >= 11 is 14.6. The van der Waals surface area contributed by atoms with Crippen LogP contribution in [0.5, 0.6) is 0 Å². The van der Waals surface area contributed by atoms with E-state index in [1.807, 2.05) is 47.8 Å². The molecule has 0 radical (unpaired) electrons. The molecular weight excluding hydrogens is 489 g/mol. The molecule has 1 amide bonds. The van der Waals surface area contributed by atoms with E-state index in [0.717, 1.165) is 14.8 Å². The quantitative estimate of drug-likeness (QED) is 0.384. The molecule has 3 rings (SSSR count). The average Bonchev–Trinajstić information content (AvgIpc) is 3.04. The van der Waals surface area contributed by atoms with Crippen LogP contribution in [-0.4, -0.2) is 16.0 Å². The van der Waals surface area contributed by atoms with E-state index in [4.69, 9.17) is 23.8 Å². The molecule has 0 unspecified atom stereocenters. The van der Waals surface area contributed by atoms with Crippen LogP contribution in [0.25, 0.3) is 11.3 Å². The summed E-state index contributed by atoms with van der Waals surface area (Å²) in [5.74, 6) is -0.253. The highest BCUT2D eigenvalue weighted by Gasteiger charge is 2.12. The van der Waals surface area contributed by atoms with E-state index in [0.29, 0.717) is 15.7 Å². The number of anilines is 1. The number of carbonyl (C=O) groups is 1. The number of carbonyl (C=O) groups excluding carboxylic acids is 1. The Balaban J connectivity index is 1.65. The Morgan fingerprint density at radius 2 is 1.88 bits per heavy atom. The smallest absolute Gasteiger partial charge is 0.258 e. The van der Waals surface area contributed by atoms with Crippen molar-refractivity contribution in [2.24, 2.45) is 0 Å². The number of thiazole rings is 1. The molecule has 2 N–H and O–H groups in total. The molecule has 8 heteroatoms. The number of nitrogens with zero attached hydrogens (tertiary/aromatic N) is 1. The second kappa shape index (κ2) is 8.22. The van der Waals surface area contributed by atoms with Crippen molar-refractivity contribution in [3.05, 3.63) is 68.1 Å². The Morgan fingerprint density at radius 1 is 1.16 bits per heavy atom. The Kier molecular flexibility index (Phi) is 6.00. The summed E-state index contributed by atoms with van der Waals surface area (Å²) in [5.41, 5.74) is 2.35. The number of benzene rings is 2. The minimum Gasteiger partial charge on any atom is -0.308 e. The SMILES string of the molecule is O=C(NC(=S)Nc1nc(-c2ccc(Cl)cc2)cs1)c1ccccc1I. The standard InChI is InChI=1S/C17H11ClIN3OS2/c18-11-7-5-10(6-8-11)14-9-25-17(20-14)22-16(24)21-15(23)12-3-1-2-4-13(12)19/h1-9H,(H2,20,21,22,23,24).